The highest BCUT2D eigenvalue weighted by Crippen LogP contribution is 2.32. The number of anilines is 3. The van der Waals surface area contributed by atoms with E-state index in [4.69, 9.17) is 36.9 Å². The number of nitrogens with zero attached hydrogens (tertiary/aromatic N) is 8. The predicted molar refractivity (Wildman–Crippen MR) is 158 cm³/mol. The zero-order chi connectivity index (χ0) is 34.0. The largest absolute Gasteiger partial charge is 0.394 e. The van der Waals surface area contributed by atoms with Gasteiger partial charge < -0.3 is 62.3 Å². The van der Waals surface area contributed by atoms with Crippen molar-refractivity contribution in [1.82, 2.24) is 49.0 Å². The molecule has 0 bridgehead atoms. The molecule has 0 unspecified atom stereocenters. The minimum Gasteiger partial charge on any atom is -0.394 e. The zero-order valence-electron chi connectivity index (χ0n) is 24.0. The van der Waals surface area contributed by atoms with E-state index in [1.54, 1.807) is 0 Å². The summed E-state index contributed by atoms with van der Waals surface area (Å²) in [6, 6.07) is 1.52. The standard InChI is InChI=1S/C10H13N5O5.C10H13N5O4.C4H5N3O/c11-10-13-7-4(8(19)14-10)12-2-15(7)9-6(18)5(17)3(1-16)20-9;11-8-5-9(13-2-12-8)15(3-14-5)10-7(18)6(17)4(1-16)19-10;5-3-1-2-6-4(8)7-3/h2-3,5-6,9,16-18H,1H2,(H3,11,13,14,19);2-4,6-7,10,16-18H,1H2,(H2,11,12,13);1-2H,(H3,5,6,7,8)/t3-,5-,6-,9-;4-,6-,7-,10-;/m11./s1. The molecule has 0 saturated carbocycles. The smallest absolute Gasteiger partial charge is 0.346 e. The van der Waals surface area contributed by atoms with Gasteiger partial charge in [0.15, 0.2) is 35.1 Å². The molecular formula is C24H31N13O10. The van der Waals surface area contributed by atoms with Crippen molar-refractivity contribution in [1.29, 1.82) is 0 Å². The monoisotopic (exact) mass is 661 g/mol. The first-order chi connectivity index (χ1) is 22.4. The number of aliphatic hydroxyl groups is 6. The Bertz CT molecular complexity index is 1950. The quantitative estimate of drug-likeness (QED) is 0.0856. The van der Waals surface area contributed by atoms with Crippen LogP contribution in [0, 0.1) is 0 Å². The first-order valence-corrected chi connectivity index (χ1v) is 13.7. The van der Waals surface area contributed by atoms with Crippen LogP contribution in [0.2, 0.25) is 0 Å². The van der Waals surface area contributed by atoms with Gasteiger partial charge in [0, 0.05) is 6.20 Å². The molecule has 5 aromatic rings. The highest BCUT2D eigenvalue weighted by atomic mass is 16.6. The highest BCUT2D eigenvalue weighted by molar-refractivity contribution is 5.81. The van der Waals surface area contributed by atoms with Crippen LogP contribution in [0.3, 0.4) is 0 Å². The number of aromatic amines is 2. The summed E-state index contributed by atoms with van der Waals surface area (Å²) in [7, 11) is 0. The van der Waals surface area contributed by atoms with Crippen molar-refractivity contribution in [2.24, 2.45) is 0 Å². The molecule has 23 nitrogen and oxygen atoms in total. The molecule has 0 aromatic carbocycles. The first kappa shape index (κ1) is 33.2. The van der Waals surface area contributed by atoms with Crippen molar-refractivity contribution in [3.05, 3.63) is 52.1 Å². The van der Waals surface area contributed by atoms with Gasteiger partial charge in [0.2, 0.25) is 5.95 Å². The Morgan fingerprint density at radius 2 is 1.34 bits per heavy atom. The van der Waals surface area contributed by atoms with E-state index in [0.29, 0.717) is 11.2 Å². The van der Waals surface area contributed by atoms with Crippen molar-refractivity contribution >= 4 is 39.9 Å². The Hall–Kier alpha value is -5.14. The second-order valence-corrected chi connectivity index (χ2v) is 10.1. The third-order valence-corrected chi connectivity index (χ3v) is 7.11. The highest BCUT2D eigenvalue weighted by Gasteiger charge is 2.45. The van der Waals surface area contributed by atoms with E-state index >= 15 is 0 Å². The van der Waals surface area contributed by atoms with Crippen LogP contribution >= 0.6 is 0 Å². The molecule has 2 aliphatic heterocycles. The predicted octanol–water partition coefficient (Wildman–Crippen LogP) is -5.31. The lowest BCUT2D eigenvalue weighted by Gasteiger charge is -2.16. The molecule has 7 heterocycles. The van der Waals surface area contributed by atoms with Crippen LogP contribution in [0.15, 0.2) is 40.8 Å². The molecule has 252 valence electrons. The normalized spacial score (nSPS) is 26.9. The Morgan fingerprint density at radius 3 is 1.85 bits per heavy atom. The fourth-order valence-corrected chi connectivity index (χ4v) is 4.79. The average Bonchev–Trinajstić information content (AvgIpc) is 3.79. The van der Waals surface area contributed by atoms with Crippen LogP contribution in [0.25, 0.3) is 22.3 Å². The molecule has 47 heavy (non-hydrogen) atoms. The number of rotatable bonds is 4. The van der Waals surface area contributed by atoms with Gasteiger partial charge in [-0.05, 0) is 6.07 Å². The Morgan fingerprint density at radius 1 is 0.766 bits per heavy atom. The molecule has 14 N–H and O–H groups in total. The lowest BCUT2D eigenvalue weighted by atomic mass is 10.1. The Kier molecular flexibility index (Phi) is 9.68. The van der Waals surface area contributed by atoms with Gasteiger partial charge in [0.25, 0.3) is 5.56 Å². The summed E-state index contributed by atoms with van der Waals surface area (Å²) in [6.45, 7) is -0.837. The maximum absolute atomic E-state index is 11.7. The minimum atomic E-state index is -1.29. The van der Waals surface area contributed by atoms with Crippen LogP contribution in [-0.4, -0.2) is 129 Å². The Labute approximate surface area is 260 Å². The summed E-state index contributed by atoms with van der Waals surface area (Å²) in [5.41, 5.74) is 16.3. The lowest BCUT2D eigenvalue weighted by Crippen LogP contribution is -2.33. The fraction of sp³-hybridized carbons (Fsp3) is 0.417. The van der Waals surface area contributed by atoms with E-state index in [1.807, 2.05) is 0 Å². The number of hydrogen-bond donors (Lipinski definition) is 11. The number of hydrogen-bond acceptors (Lipinski definition) is 19. The molecular weight excluding hydrogens is 630 g/mol. The maximum Gasteiger partial charge on any atom is 0.346 e. The molecule has 0 amide bonds. The van der Waals surface area contributed by atoms with Gasteiger partial charge in [-0.25, -0.2) is 24.7 Å². The van der Waals surface area contributed by atoms with E-state index in [9.17, 15) is 30.0 Å². The van der Waals surface area contributed by atoms with Crippen molar-refractivity contribution in [3.8, 4) is 0 Å². The molecule has 2 fully saturated rings. The van der Waals surface area contributed by atoms with Gasteiger partial charge in [0.05, 0.1) is 25.9 Å². The van der Waals surface area contributed by atoms with Gasteiger partial charge in [0.1, 0.15) is 54.3 Å². The van der Waals surface area contributed by atoms with Crippen molar-refractivity contribution in [3.63, 3.8) is 0 Å². The number of aliphatic hydroxyl groups excluding tert-OH is 6. The number of ether oxygens (including phenoxy) is 2. The Balaban J connectivity index is 0.000000150. The second-order valence-electron chi connectivity index (χ2n) is 10.1. The SMILES string of the molecule is Nc1cc[nH]c(=O)n1.Nc1nc2c(ncn2[C@@H]2O[C@H](CO)[C@@H](O)[C@H]2O)c(=O)[nH]1.Nc1ncnc2c1ncn2[C@@H]1O[C@H](CO)[C@@H](O)[C@H]1O. The summed E-state index contributed by atoms with van der Waals surface area (Å²) >= 11 is 0. The molecule has 5 aromatic heterocycles. The van der Waals surface area contributed by atoms with Crippen molar-refractivity contribution in [2.75, 3.05) is 30.4 Å². The van der Waals surface area contributed by atoms with Crippen LogP contribution in [0.1, 0.15) is 12.5 Å². The topological polar surface area (TPSA) is 371 Å². The third-order valence-electron chi connectivity index (χ3n) is 7.11. The number of imidazole rings is 2. The lowest BCUT2D eigenvalue weighted by molar-refractivity contribution is -0.0511. The molecule has 7 rings (SSSR count). The number of nitrogens with two attached hydrogens (primary N) is 3. The number of fused-ring (bicyclic) bond motifs is 2. The number of nitrogens with one attached hydrogen (secondary N) is 2. The minimum absolute atomic E-state index is 0.0388. The van der Waals surface area contributed by atoms with E-state index in [1.165, 1.54) is 40.4 Å². The average molecular weight is 662 g/mol. The van der Waals surface area contributed by atoms with Crippen molar-refractivity contribution < 1.29 is 40.1 Å². The summed E-state index contributed by atoms with van der Waals surface area (Å²) in [5.74, 6) is 0.361. The number of H-pyrrole nitrogens is 2. The molecule has 23 heteroatoms. The summed E-state index contributed by atoms with van der Waals surface area (Å²) < 4.78 is 13.5. The van der Waals surface area contributed by atoms with Gasteiger partial charge >= 0.3 is 5.69 Å². The van der Waals surface area contributed by atoms with E-state index in [-0.39, 0.29) is 28.7 Å². The molecule has 2 aliphatic rings. The molecule has 0 radical (unpaired) electrons. The summed E-state index contributed by atoms with van der Waals surface area (Å²) in [4.78, 5) is 49.6. The second kappa shape index (κ2) is 13.7. The fourth-order valence-electron chi connectivity index (χ4n) is 4.79. The van der Waals surface area contributed by atoms with E-state index in [0.717, 1.165) is 0 Å². The van der Waals surface area contributed by atoms with Crippen molar-refractivity contribution in [2.45, 2.75) is 49.1 Å². The summed E-state index contributed by atoms with van der Waals surface area (Å²) in [6.07, 6.45) is -3.19. The van der Waals surface area contributed by atoms with Gasteiger partial charge in [-0.15, -0.1) is 0 Å². The zero-order valence-corrected chi connectivity index (χ0v) is 24.0. The molecule has 0 aliphatic carbocycles. The number of aromatic nitrogens is 10. The molecule has 0 spiro atoms. The van der Waals surface area contributed by atoms with E-state index in [2.05, 4.69) is 39.9 Å². The molecule has 8 atom stereocenters. The van der Waals surface area contributed by atoms with E-state index < -0.39 is 73.5 Å². The maximum atomic E-state index is 11.7. The van der Waals surface area contributed by atoms with Crippen LogP contribution < -0.4 is 28.5 Å². The van der Waals surface area contributed by atoms with Gasteiger partial charge in [-0.1, -0.05) is 0 Å². The molecule has 2 saturated heterocycles. The van der Waals surface area contributed by atoms with Gasteiger partial charge in [-0.3, -0.25) is 18.9 Å². The summed E-state index contributed by atoms with van der Waals surface area (Å²) in [5, 5.41) is 57.5. The van der Waals surface area contributed by atoms with Crippen LogP contribution in [-0.2, 0) is 9.47 Å². The first-order valence-electron chi connectivity index (χ1n) is 13.7. The third kappa shape index (κ3) is 6.58. The van der Waals surface area contributed by atoms with Crippen LogP contribution in [0.4, 0.5) is 17.6 Å². The van der Waals surface area contributed by atoms with Crippen LogP contribution in [0.5, 0.6) is 0 Å². The number of nitrogen functional groups attached to an aromatic ring is 3. The van der Waals surface area contributed by atoms with Gasteiger partial charge in [-0.2, -0.15) is 9.97 Å².